The van der Waals surface area contributed by atoms with Gasteiger partial charge in [-0.15, -0.1) is 11.8 Å². The fraction of sp³-hybridized carbons (Fsp3) is 0.407. The van der Waals surface area contributed by atoms with Gasteiger partial charge >= 0.3 is 5.97 Å². The van der Waals surface area contributed by atoms with Crippen molar-refractivity contribution in [1.29, 1.82) is 0 Å². The van der Waals surface area contributed by atoms with E-state index in [0.29, 0.717) is 47.2 Å². The quantitative estimate of drug-likeness (QED) is 0.207. The van der Waals surface area contributed by atoms with Crippen LogP contribution in [0.25, 0.3) is 10.9 Å². The van der Waals surface area contributed by atoms with Crippen molar-refractivity contribution in [3.63, 3.8) is 0 Å². The normalized spacial score (nSPS) is 18.0. The molecule has 0 bridgehead atoms. The van der Waals surface area contributed by atoms with Crippen molar-refractivity contribution in [2.24, 2.45) is 5.41 Å². The molecule has 0 N–H and O–H groups in total. The predicted octanol–water partition coefficient (Wildman–Crippen LogP) is 6.67. The predicted molar refractivity (Wildman–Crippen MR) is 144 cm³/mol. The summed E-state index contributed by atoms with van der Waals surface area (Å²) in [5.74, 6) is 0.948. The molecule has 5 nitrogen and oxygen atoms in total. The first-order valence-electron chi connectivity index (χ1n) is 11.8. The number of methoxy groups -OCH3 is 2. The number of pyridine rings is 1. The Hall–Kier alpha value is -2.06. The molecule has 0 amide bonds. The van der Waals surface area contributed by atoms with Gasteiger partial charge in [0.2, 0.25) is 0 Å². The highest BCUT2D eigenvalue weighted by molar-refractivity contribution is 7.99. The minimum absolute atomic E-state index is 0.197. The van der Waals surface area contributed by atoms with Crippen LogP contribution >= 0.6 is 35.0 Å². The summed E-state index contributed by atoms with van der Waals surface area (Å²) in [4.78, 5) is 20.3. The molecule has 36 heavy (non-hydrogen) atoms. The average molecular weight is 552 g/mol. The molecule has 1 atom stereocenters. The first-order valence-corrected chi connectivity index (χ1v) is 13.6. The van der Waals surface area contributed by atoms with E-state index in [0.717, 1.165) is 41.1 Å². The number of ether oxygens (including phenoxy) is 2. The molecule has 1 aliphatic rings. The van der Waals surface area contributed by atoms with Crippen molar-refractivity contribution >= 4 is 51.8 Å². The SMILES string of the molecule is COC(=O)C1(CCCc2c(F)cnc3ccc(OC)cc23)CCN(CCSc2cc(Cl)ccc2Cl)C1. The van der Waals surface area contributed by atoms with E-state index in [9.17, 15) is 9.18 Å². The van der Waals surface area contributed by atoms with Crippen molar-refractivity contribution in [2.75, 3.05) is 39.6 Å². The smallest absolute Gasteiger partial charge is 0.313 e. The van der Waals surface area contributed by atoms with E-state index in [2.05, 4.69) is 9.88 Å². The second-order valence-electron chi connectivity index (χ2n) is 9.04. The highest BCUT2D eigenvalue weighted by atomic mass is 35.5. The molecule has 1 aliphatic heterocycles. The molecule has 3 aromatic rings. The summed E-state index contributed by atoms with van der Waals surface area (Å²) >= 11 is 14.0. The zero-order chi connectivity index (χ0) is 25.7. The molecule has 1 saturated heterocycles. The molecule has 2 aromatic carbocycles. The number of esters is 1. The molecule has 0 saturated carbocycles. The van der Waals surface area contributed by atoms with E-state index in [1.807, 2.05) is 24.3 Å². The van der Waals surface area contributed by atoms with Crippen LogP contribution < -0.4 is 4.74 Å². The van der Waals surface area contributed by atoms with Crippen LogP contribution in [0.15, 0.2) is 47.5 Å². The third kappa shape index (κ3) is 6.08. The Morgan fingerprint density at radius 2 is 2.06 bits per heavy atom. The molecule has 192 valence electrons. The van der Waals surface area contributed by atoms with Gasteiger partial charge in [-0.25, -0.2) is 4.39 Å². The van der Waals surface area contributed by atoms with Crippen LogP contribution in [0, 0.1) is 11.2 Å². The molecule has 2 heterocycles. The van der Waals surface area contributed by atoms with Gasteiger partial charge in [0.1, 0.15) is 11.6 Å². The summed E-state index contributed by atoms with van der Waals surface area (Å²) < 4.78 is 25.3. The van der Waals surface area contributed by atoms with Gasteiger partial charge in [0, 0.05) is 34.1 Å². The number of aryl methyl sites for hydroxylation is 1. The minimum Gasteiger partial charge on any atom is -0.497 e. The van der Waals surface area contributed by atoms with Crippen molar-refractivity contribution in [2.45, 2.75) is 30.6 Å². The largest absolute Gasteiger partial charge is 0.497 e. The highest BCUT2D eigenvalue weighted by Crippen LogP contribution is 2.38. The van der Waals surface area contributed by atoms with Crippen molar-refractivity contribution in [1.82, 2.24) is 9.88 Å². The number of halogens is 3. The number of hydrogen-bond donors (Lipinski definition) is 0. The van der Waals surface area contributed by atoms with E-state index in [-0.39, 0.29) is 11.8 Å². The van der Waals surface area contributed by atoms with Gasteiger partial charge in [0.25, 0.3) is 0 Å². The van der Waals surface area contributed by atoms with Crippen LogP contribution in [0.5, 0.6) is 5.75 Å². The van der Waals surface area contributed by atoms with Crippen molar-refractivity contribution in [3.8, 4) is 5.75 Å². The Balaban J connectivity index is 1.40. The number of likely N-dealkylation sites (tertiary alicyclic amines) is 1. The lowest BCUT2D eigenvalue weighted by Crippen LogP contribution is -2.36. The third-order valence-corrected chi connectivity index (χ3v) is 8.54. The van der Waals surface area contributed by atoms with Crippen molar-refractivity contribution in [3.05, 3.63) is 64.0 Å². The van der Waals surface area contributed by atoms with Gasteiger partial charge in [-0.1, -0.05) is 23.2 Å². The maximum absolute atomic E-state index is 14.7. The molecule has 0 aliphatic carbocycles. The van der Waals surface area contributed by atoms with Crippen LogP contribution in [-0.2, 0) is 16.0 Å². The Morgan fingerprint density at radius 3 is 2.83 bits per heavy atom. The third-order valence-electron chi connectivity index (χ3n) is 6.83. The zero-order valence-electron chi connectivity index (χ0n) is 20.4. The fourth-order valence-corrected chi connectivity index (χ4v) is 6.40. The highest BCUT2D eigenvalue weighted by Gasteiger charge is 2.44. The lowest BCUT2D eigenvalue weighted by Gasteiger charge is -2.27. The number of benzene rings is 2. The first kappa shape index (κ1) is 27.0. The second kappa shape index (κ2) is 12.0. The summed E-state index contributed by atoms with van der Waals surface area (Å²) in [5, 5.41) is 2.08. The van der Waals surface area contributed by atoms with Gasteiger partial charge < -0.3 is 14.4 Å². The number of hydrogen-bond acceptors (Lipinski definition) is 6. The molecule has 1 aromatic heterocycles. The Kier molecular flexibility index (Phi) is 8.99. The molecular formula is C27H29Cl2FN2O3S. The van der Waals surface area contributed by atoms with E-state index < -0.39 is 5.41 Å². The minimum atomic E-state index is -0.593. The van der Waals surface area contributed by atoms with Crippen LogP contribution in [0.4, 0.5) is 4.39 Å². The summed E-state index contributed by atoms with van der Waals surface area (Å²) in [5.41, 5.74) is 0.729. The Morgan fingerprint density at radius 1 is 1.22 bits per heavy atom. The fourth-order valence-electron chi connectivity index (χ4n) is 4.90. The van der Waals surface area contributed by atoms with Crippen LogP contribution in [0.1, 0.15) is 24.8 Å². The Labute approximate surface area is 225 Å². The van der Waals surface area contributed by atoms with Gasteiger partial charge in [-0.2, -0.15) is 0 Å². The monoisotopic (exact) mass is 550 g/mol. The van der Waals surface area contributed by atoms with E-state index in [1.165, 1.54) is 13.3 Å². The van der Waals surface area contributed by atoms with Crippen LogP contribution in [-0.4, -0.2) is 55.5 Å². The van der Waals surface area contributed by atoms with Gasteiger partial charge in [0.05, 0.1) is 36.4 Å². The maximum atomic E-state index is 14.7. The summed E-state index contributed by atoms with van der Waals surface area (Å²) in [6, 6.07) is 10.9. The molecule has 1 unspecified atom stereocenters. The van der Waals surface area contributed by atoms with Gasteiger partial charge in [0.15, 0.2) is 0 Å². The van der Waals surface area contributed by atoms with E-state index in [1.54, 1.807) is 31.0 Å². The standard InChI is InChI=1S/C27H29Cl2FN2O3S/c1-34-19-6-8-24-21(15-19)20(23(30)16-31-24)4-3-9-27(26(33)35-2)10-11-32(17-27)12-13-36-25-14-18(28)5-7-22(25)29/h5-8,14-16H,3-4,9-13,17H2,1-2H3. The number of carbonyl (C=O) groups excluding carboxylic acids is 1. The number of thioether (sulfide) groups is 1. The maximum Gasteiger partial charge on any atom is 0.313 e. The molecule has 0 spiro atoms. The number of fused-ring (bicyclic) bond motifs is 1. The lowest BCUT2D eigenvalue weighted by molar-refractivity contribution is -0.152. The summed E-state index contributed by atoms with van der Waals surface area (Å²) in [7, 11) is 3.02. The average Bonchev–Trinajstić information content (AvgIpc) is 3.30. The topological polar surface area (TPSA) is 51.7 Å². The van der Waals surface area contributed by atoms with Gasteiger partial charge in [-0.05, 0) is 74.2 Å². The van der Waals surface area contributed by atoms with Crippen LogP contribution in [0.2, 0.25) is 10.0 Å². The van der Waals surface area contributed by atoms with Gasteiger partial charge in [-0.3, -0.25) is 9.78 Å². The Bertz CT molecular complexity index is 1250. The lowest BCUT2D eigenvalue weighted by atomic mass is 9.81. The molecule has 1 fully saturated rings. The summed E-state index contributed by atoms with van der Waals surface area (Å²) in [6.45, 7) is 2.25. The number of carbonyl (C=O) groups is 1. The first-order chi connectivity index (χ1) is 17.3. The number of nitrogens with zero attached hydrogens (tertiary/aromatic N) is 2. The zero-order valence-corrected chi connectivity index (χ0v) is 22.7. The van der Waals surface area contributed by atoms with Crippen LogP contribution in [0.3, 0.4) is 0 Å². The van der Waals surface area contributed by atoms with E-state index >= 15 is 0 Å². The van der Waals surface area contributed by atoms with Crippen molar-refractivity contribution < 1.29 is 18.7 Å². The summed E-state index contributed by atoms with van der Waals surface area (Å²) in [6.07, 6.45) is 3.76. The molecular weight excluding hydrogens is 522 g/mol. The molecule has 0 radical (unpaired) electrons. The number of aromatic nitrogens is 1. The second-order valence-corrected chi connectivity index (χ2v) is 11.0. The molecule has 9 heteroatoms. The number of rotatable bonds is 10. The van der Waals surface area contributed by atoms with E-state index in [4.69, 9.17) is 32.7 Å². The molecule has 4 rings (SSSR count).